The van der Waals surface area contributed by atoms with E-state index in [-0.39, 0.29) is 28.5 Å². The number of hydrogen-bond donors (Lipinski definition) is 2. The van der Waals surface area contributed by atoms with Crippen LogP contribution in [0.3, 0.4) is 0 Å². The SMILES string of the molecule is C=CC(=O)N1CC2(CC(n3nc(-c4ccc5c(c4)CCN5C(C)=O)c(C4C(Cl)C(C)CC5NNCC54)c3C)C2)C1. The van der Waals surface area contributed by atoms with Gasteiger partial charge in [0.05, 0.1) is 11.7 Å². The van der Waals surface area contributed by atoms with Crippen LogP contribution >= 0.6 is 11.6 Å². The number of carbonyl (C=O) groups excluding carboxylic acids is 2. The van der Waals surface area contributed by atoms with E-state index >= 15 is 0 Å². The molecule has 2 aromatic rings. The van der Waals surface area contributed by atoms with Gasteiger partial charge in [0.2, 0.25) is 11.8 Å². The van der Waals surface area contributed by atoms with Crippen molar-refractivity contribution in [3.05, 3.63) is 47.7 Å². The number of amides is 2. The average Bonchev–Trinajstić information content (AvgIpc) is 3.60. The zero-order valence-electron chi connectivity index (χ0n) is 23.6. The molecule has 2 amide bonds. The summed E-state index contributed by atoms with van der Waals surface area (Å²) in [4.78, 5) is 28.0. The van der Waals surface area contributed by atoms with Gasteiger partial charge < -0.3 is 9.80 Å². The number of hydrogen-bond acceptors (Lipinski definition) is 5. The molecular formula is C31H39ClN6O2. The fourth-order valence-electron chi connectivity index (χ4n) is 8.46. The fourth-order valence-corrected chi connectivity index (χ4v) is 8.87. The molecule has 2 aliphatic carbocycles. The van der Waals surface area contributed by atoms with E-state index in [0.717, 1.165) is 68.8 Å². The third-order valence-electron chi connectivity index (χ3n) is 10.5. The average molecular weight is 563 g/mol. The Morgan fingerprint density at radius 2 is 2.02 bits per heavy atom. The van der Waals surface area contributed by atoms with E-state index < -0.39 is 0 Å². The number of nitrogens with one attached hydrogen (secondary N) is 2. The van der Waals surface area contributed by atoms with Crippen LogP contribution in [0.5, 0.6) is 0 Å². The molecule has 1 aromatic heterocycles. The molecule has 8 nitrogen and oxygen atoms in total. The van der Waals surface area contributed by atoms with Crippen molar-refractivity contribution in [2.24, 2.45) is 17.3 Å². The third-order valence-corrected chi connectivity index (χ3v) is 11.2. The second-order valence-corrected chi connectivity index (χ2v) is 13.5. The molecule has 1 aromatic carbocycles. The van der Waals surface area contributed by atoms with Crippen LogP contribution in [0.1, 0.15) is 61.9 Å². The first-order valence-corrected chi connectivity index (χ1v) is 15.2. The topological polar surface area (TPSA) is 82.5 Å². The molecule has 0 bridgehead atoms. The van der Waals surface area contributed by atoms with Crippen molar-refractivity contribution >= 4 is 29.1 Å². The van der Waals surface area contributed by atoms with Gasteiger partial charge in [0, 0.05) is 78.4 Å². The van der Waals surface area contributed by atoms with Crippen LogP contribution in [-0.2, 0) is 16.0 Å². The van der Waals surface area contributed by atoms with Crippen LogP contribution < -0.4 is 15.8 Å². The number of halogens is 1. The summed E-state index contributed by atoms with van der Waals surface area (Å²) in [5.41, 5.74) is 14.0. The third kappa shape index (κ3) is 3.90. The molecule has 1 spiro atoms. The van der Waals surface area contributed by atoms with E-state index in [1.165, 1.54) is 22.9 Å². The van der Waals surface area contributed by atoms with Crippen molar-refractivity contribution in [2.45, 2.75) is 69.8 Å². The van der Waals surface area contributed by atoms with Crippen molar-refractivity contribution in [3.8, 4) is 11.3 Å². The Bertz CT molecular complexity index is 1390. The number of aromatic nitrogens is 2. The number of fused-ring (bicyclic) bond motifs is 2. The molecule has 4 heterocycles. The second kappa shape index (κ2) is 9.43. The molecule has 5 aliphatic rings. The standard InChI is InChI=1S/C31H39ClN6O2/c1-5-26(40)36-15-31(16-36)12-22(13-31)38-18(3)27(28-23-14-33-34-24(23)10-17(2)29(28)32)30(35-38)21-6-7-25-20(11-21)8-9-37(25)19(4)39/h5-7,11,17,22-24,28-29,33-34H,1,8-10,12-16H2,2-4H3. The highest BCUT2D eigenvalue weighted by molar-refractivity contribution is 6.21. The van der Waals surface area contributed by atoms with E-state index in [9.17, 15) is 9.59 Å². The number of rotatable bonds is 4. The first kappa shape index (κ1) is 26.2. The van der Waals surface area contributed by atoms with Crippen LogP contribution in [0.15, 0.2) is 30.9 Å². The molecule has 5 unspecified atom stereocenters. The molecule has 2 saturated heterocycles. The number of alkyl halides is 1. The summed E-state index contributed by atoms with van der Waals surface area (Å²) < 4.78 is 2.27. The van der Waals surface area contributed by atoms with Gasteiger partial charge in [-0.05, 0) is 68.2 Å². The van der Waals surface area contributed by atoms with Gasteiger partial charge in [-0.3, -0.25) is 25.1 Å². The molecule has 212 valence electrons. The number of benzene rings is 1. The Labute approximate surface area is 241 Å². The fraction of sp³-hybridized carbons (Fsp3) is 0.581. The molecule has 4 fully saturated rings. The largest absolute Gasteiger partial charge is 0.338 e. The minimum Gasteiger partial charge on any atom is -0.338 e. The minimum absolute atomic E-state index is 0.0264. The van der Waals surface area contributed by atoms with Gasteiger partial charge in [0.25, 0.3) is 0 Å². The number of likely N-dealkylation sites (tertiary alicyclic amines) is 1. The second-order valence-electron chi connectivity index (χ2n) is 13.0. The van der Waals surface area contributed by atoms with Gasteiger partial charge in [0.15, 0.2) is 0 Å². The molecule has 2 N–H and O–H groups in total. The maximum absolute atomic E-state index is 12.2. The minimum atomic E-state index is 0.0264. The maximum atomic E-state index is 12.2. The number of anilines is 1. The summed E-state index contributed by atoms with van der Waals surface area (Å²) in [5, 5.41) is 5.39. The Hall–Kier alpha value is -2.68. The van der Waals surface area contributed by atoms with E-state index in [2.05, 4.69) is 54.2 Å². The first-order chi connectivity index (χ1) is 19.2. The molecule has 2 saturated carbocycles. The van der Waals surface area contributed by atoms with E-state index in [0.29, 0.717) is 23.9 Å². The van der Waals surface area contributed by atoms with Gasteiger partial charge in [-0.15, -0.1) is 11.6 Å². The van der Waals surface area contributed by atoms with E-state index in [1.807, 2.05) is 9.80 Å². The number of carbonyl (C=O) groups is 2. The first-order valence-electron chi connectivity index (χ1n) is 14.7. The monoisotopic (exact) mass is 562 g/mol. The zero-order valence-corrected chi connectivity index (χ0v) is 24.4. The Balaban J connectivity index is 1.27. The van der Waals surface area contributed by atoms with Crippen molar-refractivity contribution in [1.29, 1.82) is 0 Å². The van der Waals surface area contributed by atoms with Gasteiger partial charge in [0.1, 0.15) is 0 Å². The highest BCUT2D eigenvalue weighted by Crippen LogP contribution is 2.56. The predicted molar refractivity (Wildman–Crippen MR) is 156 cm³/mol. The van der Waals surface area contributed by atoms with Crippen LogP contribution in [0.2, 0.25) is 0 Å². The zero-order chi connectivity index (χ0) is 27.9. The Morgan fingerprint density at radius 3 is 2.75 bits per heavy atom. The van der Waals surface area contributed by atoms with Crippen LogP contribution in [0, 0.1) is 24.2 Å². The highest BCUT2D eigenvalue weighted by Gasteiger charge is 2.55. The van der Waals surface area contributed by atoms with Gasteiger partial charge in [-0.2, -0.15) is 5.10 Å². The predicted octanol–water partition coefficient (Wildman–Crippen LogP) is 3.94. The van der Waals surface area contributed by atoms with Crippen LogP contribution in [0.25, 0.3) is 11.3 Å². The molecule has 3 aliphatic heterocycles. The lowest BCUT2D eigenvalue weighted by Gasteiger charge is -2.58. The van der Waals surface area contributed by atoms with E-state index in [4.69, 9.17) is 16.7 Å². The lowest BCUT2D eigenvalue weighted by atomic mass is 9.60. The Kier molecular flexibility index (Phi) is 6.18. The van der Waals surface area contributed by atoms with Crippen molar-refractivity contribution in [2.75, 3.05) is 31.1 Å². The molecular weight excluding hydrogens is 524 g/mol. The van der Waals surface area contributed by atoms with Crippen molar-refractivity contribution in [1.82, 2.24) is 25.5 Å². The number of hydrazine groups is 1. The normalized spacial score (nSPS) is 30.6. The highest BCUT2D eigenvalue weighted by atomic mass is 35.5. The van der Waals surface area contributed by atoms with Gasteiger partial charge in [-0.25, -0.2) is 0 Å². The summed E-state index contributed by atoms with van der Waals surface area (Å²) in [6, 6.07) is 7.20. The Morgan fingerprint density at radius 1 is 1.25 bits per heavy atom. The summed E-state index contributed by atoms with van der Waals surface area (Å²) >= 11 is 7.30. The van der Waals surface area contributed by atoms with E-state index in [1.54, 1.807) is 6.92 Å². The van der Waals surface area contributed by atoms with Gasteiger partial charge in [-0.1, -0.05) is 19.6 Å². The molecule has 9 heteroatoms. The molecule has 7 rings (SSSR count). The summed E-state index contributed by atoms with van der Waals surface area (Å²) in [6.07, 6.45) is 5.41. The van der Waals surface area contributed by atoms with Crippen LogP contribution in [-0.4, -0.2) is 64.1 Å². The maximum Gasteiger partial charge on any atom is 0.245 e. The summed E-state index contributed by atoms with van der Waals surface area (Å²) in [6.45, 7) is 13.0. The smallest absolute Gasteiger partial charge is 0.245 e. The molecule has 5 atom stereocenters. The lowest BCUT2D eigenvalue weighted by Crippen LogP contribution is -2.63. The van der Waals surface area contributed by atoms with Gasteiger partial charge >= 0.3 is 0 Å². The van der Waals surface area contributed by atoms with Crippen molar-refractivity contribution in [3.63, 3.8) is 0 Å². The lowest BCUT2D eigenvalue weighted by molar-refractivity contribution is -0.149. The van der Waals surface area contributed by atoms with Crippen LogP contribution in [0.4, 0.5) is 5.69 Å². The summed E-state index contributed by atoms with van der Waals surface area (Å²) in [7, 11) is 0. The molecule has 40 heavy (non-hydrogen) atoms. The quantitative estimate of drug-likeness (QED) is 0.436. The summed E-state index contributed by atoms with van der Waals surface area (Å²) in [5.74, 6) is 1.08. The molecule has 0 radical (unpaired) electrons. The van der Waals surface area contributed by atoms with Crippen molar-refractivity contribution < 1.29 is 9.59 Å². The number of nitrogens with zero attached hydrogens (tertiary/aromatic N) is 4.